The van der Waals surface area contributed by atoms with Crippen LogP contribution < -0.4 is 0 Å². The van der Waals surface area contributed by atoms with Crippen molar-refractivity contribution < 1.29 is 9.47 Å². The fourth-order valence-corrected chi connectivity index (χ4v) is 2.04. The molecule has 1 fully saturated rings. The molecule has 0 N–H and O–H groups in total. The molecule has 2 unspecified atom stereocenters. The highest BCUT2D eigenvalue weighted by molar-refractivity contribution is 14.1. The molecule has 3 heteroatoms. The van der Waals surface area contributed by atoms with Gasteiger partial charge in [-0.1, -0.05) is 34.2 Å². The summed E-state index contributed by atoms with van der Waals surface area (Å²) < 4.78 is 11.6. The third-order valence-corrected chi connectivity index (χ3v) is 3.16. The standard InChI is InChI=1S/C10H17IO2/c1-8(2)5-7-13-10-9(11)4-3-6-12-10/h5,9-10H,3-4,6-7H2,1-2H3. The Hall–Kier alpha value is 0.390. The van der Waals surface area contributed by atoms with E-state index in [4.69, 9.17) is 9.47 Å². The van der Waals surface area contributed by atoms with Crippen LogP contribution in [-0.2, 0) is 9.47 Å². The third-order valence-electron chi connectivity index (χ3n) is 1.95. The summed E-state index contributed by atoms with van der Waals surface area (Å²) >= 11 is 2.41. The largest absolute Gasteiger partial charge is 0.352 e. The van der Waals surface area contributed by atoms with E-state index in [0.717, 1.165) is 13.0 Å². The van der Waals surface area contributed by atoms with Gasteiger partial charge in [0, 0.05) is 6.61 Å². The second-order valence-corrected chi connectivity index (χ2v) is 5.11. The second kappa shape index (κ2) is 5.98. The zero-order valence-electron chi connectivity index (χ0n) is 8.25. The molecule has 0 saturated carbocycles. The minimum Gasteiger partial charge on any atom is -0.352 e. The summed E-state index contributed by atoms with van der Waals surface area (Å²) in [5.74, 6) is 0. The van der Waals surface area contributed by atoms with E-state index in [9.17, 15) is 0 Å². The maximum Gasteiger partial charge on any atom is 0.169 e. The molecular formula is C10H17IO2. The number of rotatable bonds is 3. The van der Waals surface area contributed by atoms with Gasteiger partial charge in [-0.25, -0.2) is 0 Å². The molecule has 0 aromatic carbocycles. The molecule has 0 amide bonds. The Bertz CT molecular complexity index is 176. The molecule has 1 heterocycles. The van der Waals surface area contributed by atoms with Crippen LogP contribution in [0.5, 0.6) is 0 Å². The predicted octanol–water partition coefficient (Wildman–Crippen LogP) is 2.91. The lowest BCUT2D eigenvalue weighted by atomic mass is 10.2. The minimum atomic E-state index is 0.00458. The van der Waals surface area contributed by atoms with E-state index >= 15 is 0 Å². The SMILES string of the molecule is CC(C)=CCOC1OCCCC1I. The maximum absolute atomic E-state index is 5.60. The quantitative estimate of drug-likeness (QED) is 0.453. The van der Waals surface area contributed by atoms with Crippen LogP contribution >= 0.6 is 22.6 Å². The van der Waals surface area contributed by atoms with Crippen molar-refractivity contribution in [2.24, 2.45) is 0 Å². The Morgan fingerprint density at radius 2 is 2.38 bits per heavy atom. The van der Waals surface area contributed by atoms with E-state index in [1.807, 2.05) is 0 Å². The first-order valence-electron chi connectivity index (χ1n) is 4.71. The maximum atomic E-state index is 5.60. The van der Waals surface area contributed by atoms with Crippen LogP contribution in [0, 0.1) is 0 Å². The molecule has 13 heavy (non-hydrogen) atoms. The molecule has 1 aliphatic heterocycles. The second-order valence-electron chi connectivity index (χ2n) is 3.51. The van der Waals surface area contributed by atoms with E-state index in [-0.39, 0.29) is 6.29 Å². The molecule has 0 aliphatic carbocycles. The molecule has 1 rings (SSSR count). The monoisotopic (exact) mass is 296 g/mol. The number of allylic oxidation sites excluding steroid dienone is 1. The van der Waals surface area contributed by atoms with Gasteiger partial charge < -0.3 is 9.47 Å². The third kappa shape index (κ3) is 4.42. The summed E-state index contributed by atoms with van der Waals surface area (Å²) in [4.78, 5) is 0. The Morgan fingerprint density at radius 3 is 3.00 bits per heavy atom. The van der Waals surface area contributed by atoms with E-state index in [2.05, 4.69) is 42.5 Å². The van der Waals surface area contributed by atoms with Crippen molar-refractivity contribution in [1.29, 1.82) is 0 Å². The molecule has 0 bridgehead atoms. The summed E-state index contributed by atoms with van der Waals surface area (Å²) in [5.41, 5.74) is 1.29. The van der Waals surface area contributed by atoms with Crippen molar-refractivity contribution in [2.45, 2.75) is 36.9 Å². The molecule has 0 spiro atoms. The van der Waals surface area contributed by atoms with Gasteiger partial charge in [0.1, 0.15) is 0 Å². The highest BCUT2D eigenvalue weighted by atomic mass is 127. The van der Waals surface area contributed by atoms with Crippen LogP contribution in [-0.4, -0.2) is 23.4 Å². The summed E-state index contributed by atoms with van der Waals surface area (Å²) in [6.07, 6.45) is 4.46. The van der Waals surface area contributed by atoms with Crippen LogP contribution in [0.4, 0.5) is 0 Å². The van der Waals surface area contributed by atoms with Gasteiger partial charge >= 0.3 is 0 Å². The average molecular weight is 296 g/mol. The number of hydrogen-bond acceptors (Lipinski definition) is 2. The van der Waals surface area contributed by atoms with Gasteiger partial charge in [0.05, 0.1) is 10.5 Å². The first-order valence-corrected chi connectivity index (χ1v) is 5.95. The predicted molar refractivity (Wildman–Crippen MR) is 62.2 cm³/mol. The highest BCUT2D eigenvalue weighted by Crippen LogP contribution is 2.22. The van der Waals surface area contributed by atoms with Crippen LogP contribution in [0.25, 0.3) is 0 Å². The van der Waals surface area contributed by atoms with Crippen molar-refractivity contribution in [3.05, 3.63) is 11.6 Å². The van der Waals surface area contributed by atoms with Gasteiger partial charge in [-0.3, -0.25) is 0 Å². The summed E-state index contributed by atoms with van der Waals surface area (Å²) in [7, 11) is 0. The summed E-state index contributed by atoms with van der Waals surface area (Å²) in [6, 6.07) is 0. The number of ether oxygens (including phenoxy) is 2. The fourth-order valence-electron chi connectivity index (χ4n) is 1.18. The minimum absolute atomic E-state index is 0.00458. The molecular weight excluding hydrogens is 279 g/mol. The zero-order valence-corrected chi connectivity index (χ0v) is 10.4. The molecule has 0 aromatic rings. The Labute approximate surface area is 93.8 Å². The Kier molecular flexibility index (Phi) is 5.28. The smallest absolute Gasteiger partial charge is 0.169 e. The first kappa shape index (κ1) is 11.5. The first-order chi connectivity index (χ1) is 6.20. The lowest BCUT2D eigenvalue weighted by Crippen LogP contribution is -2.32. The van der Waals surface area contributed by atoms with Crippen molar-refractivity contribution >= 4 is 22.6 Å². The van der Waals surface area contributed by atoms with Gasteiger partial charge in [-0.15, -0.1) is 0 Å². The average Bonchev–Trinajstić information content (AvgIpc) is 2.08. The van der Waals surface area contributed by atoms with Crippen LogP contribution in [0.2, 0.25) is 0 Å². The van der Waals surface area contributed by atoms with Gasteiger partial charge in [-0.05, 0) is 26.7 Å². The highest BCUT2D eigenvalue weighted by Gasteiger charge is 2.23. The van der Waals surface area contributed by atoms with Crippen molar-refractivity contribution in [3.63, 3.8) is 0 Å². The molecule has 0 radical (unpaired) electrons. The summed E-state index contributed by atoms with van der Waals surface area (Å²) in [5, 5.41) is 0. The number of alkyl halides is 1. The number of hydrogen-bond donors (Lipinski definition) is 0. The van der Waals surface area contributed by atoms with Crippen LogP contribution in [0.15, 0.2) is 11.6 Å². The van der Waals surface area contributed by atoms with E-state index in [1.54, 1.807) is 0 Å². The Balaban J connectivity index is 2.23. The van der Waals surface area contributed by atoms with E-state index in [1.165, 1.54) is 12.0 Å². The van der Waals surface area contributed by atoms with Gasteiger partial charge in [0.2, 0.25) is 0 Å². The molecule has 76 valence electrons. The van der Waals surface area contributed by atoms with E-state index in [0.29, 0.717) is 10.5 Å². The van der Waals surface area contributed by atoms with Crippen molar-refractivity contribution in [2.75, 3.05) is 13.2 Å². The van der Waals surface area contributed by atoms with E-state index < -0.39 is 0 Å². The van der Waals surface area contributed by atoms with Gasteiger partial charge in [0.15, 0.2) is 6.29 Å². The topological polar surface area (TPSA) is 18.5 Å². The molecule has 1 saturated heterocycles. The van der Waals surface area contributed by atoms with Gasteiger partial charge in [-0.2, -0.15) is 0 Å². The van der Waals surface area contributed by atoms with Crippen molar-refractivity contribution in [1.82, 2.24) is 0 Å². The molecule has 1 aliphatic rings. The molecule has 2 atom stereocenters. The van der Waals surface area contributed by atoms with Gasteiger partial charge in [0.25, 0.3) is 0 Å². The molecule has 0 aromatic heterocycles. The lowest BCUT2D eigenvalue weighted by Gasteiger charge is -2.27. The van der Waals surface area contributed by atoms with Crippen LogP contribution in [0.3, 0.4) is 0 Å². The summed E-state index contributed by atoms with van der Waals surface area (Å²) in [6.45, 7) is 5.67. The normalized spacial score (nSPS) is 28.5. The fraction of sp³-hybridized carbons (Fsp3) is 0.800. The van der Waals surface area contributed by atoms with Crippen LogP contribution in [0.1, 0.15) is 26.7 Å². The Morgan fingerprint density at radius 1 is 1.62 bits per heavy atom. The van der Waals surface area contributed by atoms with Crippen molar-refractivity contribution in [3.8, 4) is 0 Å². The molecule has 2 nitrogen and oxygen atoms in total. The number of halogens is 1. The lowest BCUT2D eigenvalue weighted by molar-refractivity contribution is -0.148. The zero-order chi connectivity index (χ0) is 9.68.